The molecule has 0 aromatic heterocycles. The summed E-state index contributed by atoms with van der Waals surface area (Å²) in [5, 5.41) is 34.0. The Hall–Kier alpha value is -2.41. The van der Waals surface area contributed by atoms with Crippen LogP contribution < -0.4 is 21.8 Å². The van der Waals surface area contributed by atoms with E-state index in [1.807, 2.05) is 20.8 Å². The van der Waals surface area contributed by atoms with Gasteiger partial charge in [0.1, 0.15) is 6.04 Å². The third-order valence-electron chi connectivity index (χ3n) is 4.66. The first-order valence-electron chi connectivity index (χ1n) is 10.5. The summed E-state index contributed by atoms with van der Waals surface area (Å²) in [6.07, 6.45) is 2.26. The number of carbonyl (C=O) groups excluding carboxylic acids is 2. The van der Waals surface area contributed by atoms with E-state index in [-0.39, 0.29) is 30.8 Å². The van der Waals surface area contributed by atoms with Crippen molar-refractivity contribution in [2.24, 2.45) is 22.1 Å². The van der Waals surface area contributed by atoms with Gasteiger partial charge in [-0.3, -0.25) is 9.59 Å². The molecular formula is C18H37BN6O6. The summed E-state index contributed by atoms with van der Waals surface area (Å²) in [5.74, 6) is -1.97. The SMILES string of the molecule is CCCC(C)(C)C(=O)N[C@@H](CCCN=C(N)N[N+](=O)[O-])C(=O)N[C@@H](CC(C)C)B(O)O. The van der Waals surface area contributed by atoms with Crippen molar-refractivity contribution in [3.8, 4) is 0 Å². The first kappa shape index (κ1) is 28.6. The molecule has 13 heteroatoms. The van der Waals surface area contributed by atoms with Crippen molar-refractivity contribution in [2.75, 3.05) is 6.54 Å². The highest BCUT2D eigenvalue weighted by atomic mass is 16.7. The molecule has 0 radical (unpaired) electrons. The summed E-state index contributed by atoms with van der Waals surface area (Å²) in [4.78, 5) is 39.7. The van der Waals surface area contributed by atoms with Crippen LogP contribution in [0.4, 0.5) is 0 Å². The molecule has 0 rings (SSSR count). The number of hydrazine groups is 1. The molecule has 0 fully saturated rings. The highest BCUT2D eigenvalue weighted by molar-refractivity contribution is 6.43. The average molecular weight is 444 g/mol. The monoisotopic (exact) mass is 444 g/mol. The molecule has 0 saturated heterocycles. The van der Waals surface area contributed by atoms with Crippen LogP contribution in [0.5, 0.6) is 0 Å². The smallest absolute Gasteiger partial charge is 0.426 e. The number of hydrogen-bond donors (Lipinski definition) is 6. The molecular weight excluding hydrogens is 407 g/mol. The number of nitrogens with one attached hydrogen (secondary N) is 3. The van der Waals surface area contributed by atoms with Gasteiger partial charge < -0.3 is 26.4 Å². The van der Waals surface area contributed by atoms with Gasteiger partial charge in [-0.25, -0.2) is 15.1 Å². The third kappa shape index (κ3) is 12.1. The van der Waals surface area contributed by atoms with Crippen molar-refractivity contribution in [3.05, 3.63) is 10.1 Å². The standard InChI is InChI=1S/C18H37BN6O6/c1-6-9-18(4,5)16(27)22-13(8-7-10-21-17(20)24-25(30)31)15(26)23-14(19(28)29)11-12(2)3/h12-14,28-29H,6-11H2,1-5H3,(H,22,27)(H,23,26)(H3,20,21,24)/t13-,14-/m0/s1. The fourth-order valence-electron chi connectivity index (χ4n) is 3.03. The van der Waals surface area contributed by atoms with Crippen LogP contribution in [0.15, 0.2) is 4.99 Å². The summed E-state index contributed by atoms with van der Waals surface area (Å²) in [6.45, 7) is 9.40. The minimum absolute atomic E-state index is 0.0999. The Morgan fingerprint density at radius 2 is 1.87 bits per heavy atom. The molecule has 0 unspecified atom stereocenters. The van der Waals surface area contributed by atoms with E-state index in [0.717, 1.165) is 6.42 Å². The van der Waals surface area contributed by atoms with Crippen LogP contribution in [0.2, 0.25) is 0 Å². The second-order valence-electron chi connectivity index (χ2n) is 8.60. The van der Waals surface area contributed by atoms with Crippen LogP contribution in [0.3, 0.4) is 0 Å². The van der Waals surface area contributed by atoms with Crippen LogP contribution in [0, 0.1) is 21.4 Å². The van der Waals surface area contributed by atoms with Gasteiger partial charge in [0.15, 0.2) is 5.03 Å². The summed E-state index contributed by atoms with van der Waals surface area (Å²) < 4.78 is 0. The lowest BCUT2D eigenvalue weighted by molar-refractivity contribution is -0.525. The summed E-state index contributed by atoms with van der Waals surface area (Å²) in [7, 11) is -1.74. The Morgan fingerprint density at radius 3 is 2.35 bits per heavy atom. The van der Waals surface area contributed by atoms with Crippen molar-refractivity contribution in [3.63, 3.8) is 0 Å². The highest BCUT2D eigenvalue weighted by Gasteiger charge is 2.33. The molecule has 31 heavy (non-hydrogen) atoms. The second kappa shape index (κ2) is 13.8. The minimum Gasteiger partial charge on any atom is -0.426 e. The van der Waals surface area contributed by atoms with Gasteiger partial charge in [0.25, 0.3) is 5.96 Å². The van der Waals surface area contributed by atoms with Gasteiger partial charge in [-0.1, -0.05) is 46.5 Å². The van der Waals surface area contributed by atoms with E-state index in [4.69, 9.17) is 5.73 Å². The summed E-state index contributed by atoms with van der Waals surface area (Å²) >= 11 is 0. The predicted molar refractivity (Wildman–Crippen MR) is 118 cm³/mol. The maximum absolute atomic E-state index is 12.8. The van der Waals surface area contributed by atoms with Crippen LogP contribution in [0.25, 0.3) is 0 Å². The molecule has 0 spiro atoms. The van der Waals surface area contributed by atoms with E-state index in [9.17, 15) is 29.8 Å². The largest absolute Gasteiger partial charge is 0.475 e. The van der Waals surface area contributed by atoms with Crippen molar-refractivity contribution in [1.29, 1.82) is 0 Å². The molecule has 0 aromatic rings. The number of carbonyl (C=O) groups is 2. The predicted octanol–water partition coefficient (Wildman–Crippen LogP) is -0.283. The number of nitrogens with two attached hydrogens (primary N) is 1. The fraction of sp³-hybridized carbons (Fsp3) is 0.833. The fourth-order valence-corrected chi connectivity index (χ4v) is 3.03. The number of rotatable bonds is 14. The number of nitrogens with zero attached hydrogens (tertiary/aromatic N) is 2. The Bertz CT molecular complexity index is 629. The molecule has 0 aliphatic carbocycles. The molecule has 7 N–H and O–H groups in total. The van der Waals surface area contributed by atoms with Crippen LogP contribution in [0.1, 0.15) is 66.7 Å². The normalized spacial score (nSPS) is 14.0. The number of amides is 2. The third-order valence-corrected chi connectivity index (χ3v) is 4.66. The Labute approximate surface area is 183 Å². The topological polar surface area (TPSA) is 192 Å². The van der Waals surface area contributed by atoms with Gasteiger partial charge in [0, 0.05) is 12.0 Å². The number of aliphatic imine (C=N–C) groups is 1. The first-order chi connectivity index (χ1) is 14.3. The van der Waals surface area contributed by atoms with Crippen molar-refractivity contribution >= 4 is 24.9 Å². The van der Waals surface area contributed by atoms with Gasteiger partial charge >= 0.3 is 7.12 Å². The zero-order chi connectivity index (χ0) is 24.2. The molecule has 0 bridgehead atoms. The lowest BCUT2D eigenvalue weighted by Crippen LogP contribution is -2.55. The lowest BCUT2D eigenvalue weighted by Gasteiger charge is -2.28. The lowest BCUT2D eigenvalue weighted by atomic mass is 9.75. The molecule has 2 amide bonds. The molecule has 0 aromatic carbocycles. The number of nitro groups is 1. The number of hydrogen-bond acceptors (Lipinski definition) is 7. The zero-order valence-corrected chi connectivity index (χ0v) is 19.1. The van der Waals surface area contributed by atoms with Gasteiger partial charge in [0.2, 0.25) is 11.8 Å². The molecule has 0 aliphatic rings. The number of guanidine groups is 1. The molecule has 178 valence electrons. The van der Waals surface area contributed by atoms with Crippen molar-refractivity contribution < 1.29 is 24.7 Å². The highest BCUT2D eigenvalue weighted by Crippen LogP contribution is 2.22. The zero-order valence-electron chi connectivity index (χ0n) is 19.1. The Balaban J connectivity index is 5.26. The van der Waals surface area contributed by atoms with Gasteiger partial charge in [-0.05, 0) is 31.6 Å². The quantitative estimate of drug-likeness (QED) is 0.0526. The van der Waals surface area contributed by atoms with E-state index in [1.165, 1.54) is 0 Å². The van der Waals surface area contributed by atoms with Crippen LogP contribution in [-0.2, 0) is 9.59 Å². The average Bonchev–Trinajstić information content (AvgIpc) is 2.62. The van der Waals surface area contributed by atoms with E-state index in [0.29, 0.717) is 19.3 Å². The van der Waals surface area contributed by atoms with Gasteiger partial charge in [-0.15, -0.1) is 0 Å². The molecule has 12 nitrogen and oxygen atoms in total. The van der Waals surface area contributed by atoms with E-state index in [2.05, 4.69) is 15.6 Å². The Morgan fingerprint density at radius 1 is 1.26 bits per heavy atom. The van der Waals surface area contributed by atoms with E-state index < -0.39 is 35.5 Å². The molecule has 0 aliphatic heterocycles. The maximum Gasteiger partial charge on any atom is 0.475 e. The maximum atomic E-state index is 12.8. The van der Waals surface area contributed by atoms with Crippen LogP contribution >= 0.6 is 0 Å². The summed E-state index contributed by atoms with van der Waals surface area (Å²) in [6, 6.07) is -0.933. The second-order valence-corrected chi connectivity index (χ2v) is 8.60. The molecule has 2 atom stereocenters. The first-order valence-corrected chi connectivity index (χ1v) is 10.5. The molecule has 0 saturated carbocycles. The van der Waals surface area contributed by atoms with Gasteiger partial charge in [-0.2, -0.15) is 0 Å². The van der Waals surface area contributed by atoms with E-state index >= 15 is 0 Å². The minimum atomic E-state index is -1.74. The van der Waals surface area contributed by atoms with Crippen LogP contribution in [-0.4, -0.2) is 58.5 Å². The van der Waals surface area contributed by atoms with Crippen molar-refractivity contribution in [2.45, 2.75) is 78.7 Å². The van der Waals surface area contributed by atoms with Crippen molar-refractivity contribution in [1.82, 2.24) is 16.1 Å². The van der Waals surface area contributed by atoms with E-state index in [1.54, 1.807) is 19.3 Å². The summed E-state index contributed by atoms with van der Waals surface area (Å²) in [5.41, 5.74) is 6.40. The van der Waals surface area contributed by atoms with Gasteiger partial charge in [0.05, 0.1) is 5.94 Å². The molecule has 0 heterocycles. The Kier molecular flexibility index (Phi) is 12.7.